The number of benzene rings is 2. The van der Waals surface area contributed by atoms with Crippen LogP contribution in [0.4, 0.5) is 0 Å². The third-order valence-corrected chi connectivity index (χ3v) is 10.6. The van der Waals surface area contributed by atoms with E-state index in [2.05, 4.69) is 111 Å². The molecule has 37 heavy (non-hydrogen) atoms. The van der Waals surface area contributed by atoms with Gasteiger partial charge in [-0.3, -0.25) is 9.97 Å². The summed E-state index contributed by atoms with van der Waals surface area (Å²) in [5.41, 5.74) is 13.6. The third-order valence-electron chi connectivity index (χ3n) is 6.96. The van der Waals surface area contributed by atoms with Crippen LogP contribution in [0.3, 0.4) is 0 Å². The van der Waals surface area contributed by atoms with Gasteiger partial charge in [-0.05, 0) is 122 Å². The molecule has 184 valence electrons. The van der Waals surface area contributed by atoms with E-state index in [-0.39, 0.29) is 0 Å². The predicted octanol–water partition coefficient (Wildman–Crippen LogP) is 9.98. The molecule has 0 aliphatic carbocycles. The largest absolute Gasteiger partial charge is 0.255 e. The average Bonchev–Trinajstić information content (AvgIpc) is 3.38. The van der Waals surface area contributed by atoms with Crippen LogP contribution < -0.4 is 0 Å². The summed E-state index contributed by atoms with van der Waals surface area (Å²) in [4.78, 5) is 9.86. The van der Waals surface area contributed by atoms with Crippen LogP contribution in [0.5, 0.6) is 0 Å². The van der Waals surface area contributed by atoms with Gasteiger partial charge in [-0.1, -0.05) is 28.8 Å². The number of thiophene rings is 2. The maximum Gasteiger partial charge on any atom is 0.0880 e. The van der Waals surface area contributed by atoms with Crippen molar-refractivity contribution in [3.05, 3.63) is 102 Å². The maximum absolute atomic E-state index is 5.02. The van der Waals surface area contributed by atoms with E-state index in [1.165, 1.54) is 73.1 Å². The number of halogens is 1. The van der Waals surface area contributed by atoms with Crippen molar-refractivity contribution < 1.29 is 0 Å². The van der Waals surface area contributed by atoms with Crippen molar-refractivity contribution in [2.45, 2.75) is 41.0 Å². The molecule has 0 saturated carbocycles. The quantitative estimate of drug-likeness (QED) is 0.181. The molecule has 6 aromatic rings. The van der Waals surface area contributed by atoms with Gasteiger partial charge in [-0.15, -0.1) is 22.7 Å². The number of hydrogen-bond donors (Lipinski definition) is 0. The molecule has 0 N–H and O–H groups in total. The lowest BCUT2D eigenvalue weighted by atomic mass is 9.96. The van der Waals surface area contributed by atoms with E-state index in [1.807, 2.05) is 28.9 Å². The van der Waals surface area contributed by atoms with Crippen molar-refractivity contribution in [3.63, 3.8) is 0 Å². The topological polar surface area (TPSA) is 25.8 Å². The van der Waals surface area contributed by atoms with Gasteiger partial charge in [0.2, 0.25) is 0 Å². The van der Waals surface area contributed by atoms with Crippen molar-refractivity contribution in [2.75, 3.05) is 0 Å². The highest BCUT2D eigenvalue weighted by atomic mass is 127. The molecular formula is C32H27IN2S2. The minimum absolute atomic E-state index is 0.847. The van der Waals surface area contributed by atoms with E-state index < -0.39 is 0 Å². The zero-order valence-electron chi connectivity index (χ0n) is 21.6. The molecule has 0 radical (unpaired) electrons. The number of aryl methyl sites for hydroxylation is 5. The second-order valence-corrected chi connectivity index (χ2v) is 13.8. The van der Waals surface area contributed by atoms with Crippen LogP contribution in [0, 0.1) is 37.5 Å². The fraction of sp³-hybridized carbons (Fsp3) is 0.188. The molecule has 0 atom stereocenters. The van der Waals surface area contributed by atoms with E-state index in [0.717, 1.165) is 17.8 Å². The molecule has 2 aromatic carbocycles. The van der Waals surface area contributed by atoms with Crippen molar-refractivity contribution in [1.29, 1.82) is 0 Å². The summed E-state index contributed by atoms with van der Waals surface area (Å²) in [6.07, 6.45) is 4.89. The molecule has 0 saturated heterocycles. The van der Waals surface area contributed by atoms with Crippen molar-refractivity contribution in [2.24, 2.45) is 0 Å². The Bertz CT molecular complexity index is 1810. The lowest BCUT2D eigenvalue weighted by Crippen LogP contribution is -1.96. The molecule has 4 heterocycles. The summed E-state index contributed by atoms with van der Waals surface area (Å²) < 4.78 is 3.89. The molecule has 5 heteroatoms. The van der Waals surface area contributed by atoms with Gasteiger partial charge < -0.3 is 0 Å². The lowest BCUT2D eigenvalue weighted by Gasteiger charge is -2.12. The van der Waals surface area contributed by atoms with Crippen LogP contribution in [0.2, 0.25) is 0 Å². The first-order valence-electron chi connectivity index (χ1n) is 12.4. The molecule has 4 aromatic heterocycles. The molecule has 0 aliphatic heterocycles. The van der Waals surface area contributed by atoms with E-state index in [4.69, 9.17) is 9.97 Å². The Morgan fingerprint density at radius 2 is 1.46 bits per heavy atom. The summed E-state index contributed by atoms with van der Waals surface area (Å²) in [6.45, 7) is 10.9. The van der Waals surface area contributed by atoms with Gasteiger partial charge in [0, 0.05) is 34.3 Å². The molecule has 0 bridgehead atoms. The fourth-order valence-corrected chi connectivity index (χ4v) is 8.48. The number of pyridine rings is 2. The second kappa shape index (κ2) is 9.61. The van der Waals surface area contributed by atoms with Crippen LogP contribution >= 0.6 is 45.3 Å². The average molecular weight is 631 g/mol. The minimum atomic E-state index is 0.847. The molecular weight excluding hydrogens is 603 g/mol. The van der Waals surface area contributed by atoms with E-state index in [0.29, 0.717) is 0 Å². The van der Waals surface area contributed by atoms with Crippen molar-refractivity contribution in [3.8, 4) is 22.5 Å². The first kappa shape index (κ1) is 24.7. The molecule has 0 amide bonds. The fourth-order valence-electron chi connectivity index (χ4n) is 5.38. The van der Waals surface area contributed by atoms with Gasteiger partial charge >= 0.3 is 0 Å². The minimum Gasteiger partial charge on any atom is -0.255 e. The SMILES string of the molecule is Cc1cc(Cc2cnc(-c3cc(C)cc(C)c3)c3scc(C)c23)cc(-c2nccc3c(C)c(I)sc23)c1. The highest BCUT2D eigenvalue weighted by Gasteiger charge is 2.17. The third kappa shape index (κ3) is 4.51. The summed E-state index contributed by atoms with van der Waals surface area (Å²) in [5.74, 6) is 0. The zero-order valence-corrected chi connectivity index (χ0v) is 25.4. The smallest absolute Gasteiger partial charge is 0.0880 e. The van der Waals surface area contributed by atoms with Gasteiger partial charge in [-0.2, -0.15) is 0 Å². The number of hydrogen-bond acceptors (Lipinski definition) is 4. The van der Waals surface area contributed by atoms with Gasteiger partial charge in [0.1, 0.15) is 0 Å². The van der Waals surface area contributed by atoms with Crippen molar-refractivity contribution >= 4 is 65.4 Å². The van der Waals surface area contributed by atoms with Gasteiger partial charge in [0.15, 0.2) is 0 Å². The van der Waals surface area contributed by atoms with Crippen LogP contribution in [-0.2, 0) is 6.42 Å². The summed E-state index contributed by atoms with van der Waals surface area (Å²) >= 11 is 6.09. The van der Waals surface area contributed by atoms with E-state index in [9.17, 15) is 0 Å². The predicted molar refractivity (Wildman–Crippen MR) is 169 cm³/mol. The second-order valence-electron chi connectivity index (χ2n) is 10.1. The molecule has 0 fully saturated rings. The molecule has 0 aliphatic rings. The Morgan fingerprint density at radius 3 is 2.22 bits per heavy atom. The van der Waals surface area contributed by atoms with Crippen molar-refractivity contribution in [1.82, 2.24) is 9.97 Å². The number of aromatic nitrogens is 2. The van der Waals surface area contributed by atoms with Crippen LogP contribution in [0.15, 0.2) is 60.2 Å². The Balaban J connectivity index is 1.45. The molecule has 0 spiro atoms. The van der Waals surface area contributed by atoms with Gasteiger partial charge in [0.05, 0.1) is 23.7 Å². The maximum atomic E-state index is 5.02. The Hall–Kier alpha value is -2.61. The highest BCUT2D eigenvalue weighted by Crippen LogP contribution is 2.39. The highest BCUT2D eigenvalue weighted by molar-refractivity contribution is 14.1. The standard InChI is InChI=1S/C32H27IN2S2/c1-17-8-18(2)11-23(10-17)29-31-27(20(4)16-36-31)25(15-35-29)14-22-9-19(3)12-24(13-22)28-30-26(6-7-34-28)21(5)32(33)37-30/h6-13,15-16H,14H2,1-5H3. The van der Waals surface area contributed by atoms with Gasteiger partial charge in [-0.25, -0.2) is 0 Å². The molecule has 0 unspecified atom stereocenters. The summed E-state index contributed by atoms with van der Waals surface area (Å²) in [6, 6.07) is 15.7. The summed E-state index contributed by atoms with van der Waals surface area (Å²) in [5, 5.41) is 4.93. The Labute approximate surface area is 239 Å². The van der Waals surface area contributed by atoms with Crippen LogP contribution in [-0.4, -0.2) is 9.97 Å². The summed E-state index contributed by atoms with van der Waals surface area (Å²) in [7, 11) is 0. The van der Waals surface area contributed by atoms with E-state index in [1.54, 1.807) is 0 Å². The number of fused-ring (bicyclic) bond motifs is 2. The Kier molecular flexibility index (Phi) is 6.42. The zero-order chi connectivity index (χ0) is 25.8. The normalized spacial score (nSPS) is 11.6. The van der Waals surface area contributed by atoms with E-state index >= 15 is 0 Å². The molecule has 2 nitrogen and oxygen atoms in total. The van der Waals surface area contributed by atoms with Crippen LogP contribution in [0.1, 0.15) is 38.9 Å². The molecule has 6 rings (SSSR count). The van der Waals surface area contributed by atoms with Gasteiger partial charge in [0.25, 0.3) is 0 Å². The first-order valence-corrected chi connectivity index (χ1v) is 15.1. The monoisotopic (exact) mass is 630 g/mol. The first-order chi connectivity index (χ1) is 17.8. The lowest BCUT2D eigenvalue weighted by molar-refractivity contribution is 1.16. The Morgan fingerprint density at radius 1 is 0.784 bits per heavy atom. The van der Waals surface area contributed by atoms with Crippen LogP contribution in [0.25, 0.3) is 42.7 Å². The number of rotatable bonds is 4. The number of nitrogens with zero attached hydrogens (tertiary/aromatic N) is 2.